The molecule has 0 fully saturated rings. The lowest BCUT2D eigenvalue weighted by atomic mass is 10.0. The number of unbranched alkanes of at least 4 members (excludes halogenated alkanes) is 19. The fourth-order valence-electron chi connectivity index (χ4n) is 5.74. The minimum atomic E-state index is -0.490. The molecular formula is C37H76N2O4. The van der Waals surface area contributed by atoms with Crippen molar-refractivity contribution in [2.75, 3.05) is 26.2 Å². The van der Waals surface area contributed by atoms with Gasteiger partial charge in [-0.05, 0) is 53.0 Å². The molecule has 6 heteroatoms. The number of ether oxygens (including phenoxy) is 1. The molecule has 0 aromatic heterocycles. The monoisotopic (exact) mass is 613 g/mol. The van der Waals surface area contributed by atoms with Crippen molar-refractivity contribution in [3.63, 3.8) is 0 Å². The smallest absolute Gasteiger partial charge is 0.407 e. The van der Waals surface area contributed by atoms with E-state index in [2.05, 4.69) is 24.1 Å². The largest absolute Gasteiger partial charge is 0.444 e. The van der Waals surface area contributed by atoms with Crippen molar-refractivity contribution >= 4 is 6.09 Å². The maximum absolute atomic E-state index is 11.9. The van der Waals surface area contributed by atoms with E-state index in [0.29, 0.717) is 19.6 Å². The van der Waals surface area contributed by atoms with Gasteiger partial charge in [-0.25, -0.2) is 4.79 Å². The number of hydrogen-bond acceptors (Lipinski definition) is 5. The minimum absolute atomic E-state index is 0.349. The quantitative estimate of drug-likeness (QED) is 0.0679. The van der Waals surface area contributed by atoms with E-state index in [1.54, 1.807) is 0 Å². The predicted octanol–water partition coefficient (Wildman–Crippen LogP) is 9.94. The second-order valence-corrected chi connectivity index (χ2v) is 14.1. The van der Waals surface area contributed by atoms with Crippen LogP contribution in [0.4, 0.5) is 4.79 Å². The number of nitrogens with zero attached hydrogens (tertiary/aromatic N) is 1. The molecule has 0 aliphatic carbocycles. The predicted molar refractivity (Wildman–Crippen MR) is 185 cm³/mol. The van der Waals surface area contributed by atoms with E-state index in [4.69, 9.17) is 4.74 Å². The minimum Gasteiger partial charge on any atom is -0.444 e. The van der Waals surface area contributed by atoms with Crippen LogP contribution in [0.3, 0.4) is 0 Å². The third-order valence-electron chi connectivity index (χ3n) is 8.29. The SMILES string of the molecule is CCCCCCCCCCCCC(O)CN(CCCCNC(=O)OC(C)(C)C)CC(O)CCCCCCCCCCCC. The van der Waals surface area contributed by atoms with Gasteiger partial charge in [-0.1, -0.05) is 142 Å². The van der Waals surface area contributed by atoms with E-state index in [-0.39, 0.29) is 18.3 Å². The van der Waals surface area contributed by atoms with Crippen LogP contribution in [0, 0.1) is 0 Å². The van der Waals surface area contributed by atoms with Crippen LogP contribution in [-0.2, 0) is 4.74 Å². The van der Waals surface area contributed by atoms with Gasteiger partial charge >= 0.3 is 6.09 Å². The lowest BCUT2D eigenvalue weighted by Gasteiger charge is -2.27. The van der Waals surface area contributed by atoms with Gasteiger partial charge in [0.25, 0.3) is 0 Å². The molecule has 258 valence electrons. The Bertz CT molecular complexity index is 564. The summed E-state index contributed by atoms with van der Waals surface area (Å²) in [6, 6.07) is 0. The van der Waals surface area contributed by atoms with Crippen molar-refractivity contribution in [2.24, 2.45) is 0 Å². The van der Waals surface area contributed by atoms with Crippen molar-refractivity contribution in [1.82, 2.24) is 10.2 Å². The van der Waals surface area contributed by atoms with Crippen LogP contribution < -0.4 is 5.32 Å². The van der Waals surface area contributed by atoms with Gasteiger partial charge in [0.2, 0.25) is 0 Å². The van der Waals surface area contributed by atoms with Gasteiger partial charge in [-0.15, -0.1) is 0 Å². The Morgan fingerprint density at radius 3 is 1.35 bits per heavy atom. The molecule has 6 nitrogen and oxygen atoms in total. The maximum Gasteiger partial charge on any atom is 0.407 e. The lowest BCUT2D eigenvalue weighted by molar-refractivity contribution is 0.0523. The molecule has 1 amide bonds. The van der Waals surface area contributed by atoms with Crippen LogP contribution in [0.5, 0.6) is 0 Å². The summed E-state index contributed by atoms with van der Waals surface area (Å²) >= 11 is 0. The third-order valence-corrected chi connectivity index (χ3v) is 8.29. The molecule has 0 saturated heterocycles. The fourth-order valence-corrected chi connectivity index (χ4v) is 5.74. The Hall–Kier alpha value is -0.850. The number of rotatable bonds is 31. The Labute approximate surface area is 268 Å². The number of alkyl carbamates (subject to hydrolysis) is 1. The Kier molecular flexibility index (Phi) is 29.2. The molecule has 0 bridgehead atoms. The van der Waals surface area contributed by atoms with E-state index in [9.17, 15) is 15.0 Å². The Morgan fingerprint density at radius 1 is 0.605 bits per heavy atom. The normalized spacial score (nSPS) is 13.4. The number of carbonyl (C=O) groups is 1. The van der Waals surface area contributed by atoms with Crippen molar-refractivity contribution in [3.05, 3.63) is 0 Å². The van der Waals surface area contributed by atoms with E-state index in [1.807, 2.05) is 20.8 Å². The maximum atomic E-state index is 11.9. The molecule has 0 spiro atoms. The van der Waals surface area contributed by atoms with Gasteiger partial charge in [0, 0.05) is 19.6 Å². The zero-order chi connectivity index (χ0) is 32.0. The fraction of sp³-hybridized carbons (Fsp3) is 0.973. The van der Waals surface area contributed by atoms with E-state index in [1.165, 1.54) is 116 Å². The molecule has 43 heavy (non-hydrogen) atoms. The van der Waals surface area contributed by atoms with Gasteiger partial charge < -0.3 is 20.3 Å². The molecule has 0 heterocycles. The zero-order valence-electron chi connectivity index (χ0n) is 29.6. The van der Waals surface area contributed by atoms with Crippen molar-refractivity contribution < 1.29 is 19.7 Å². The summed E-state index contributed by atoms with van der Waals surface area (Å²) in [5, 5.41) is 24.5. The molecule has 0 radical (unpaired) electrons. The van der Waals surface area contributed by atoms with E-state index in [0.717, 1.165) is 45.1 Å². The van der Waals surface area contributed by atoms with Crippen LogP contribution in [0.25, 0.3) is 0 Å². The molecule has 2 unspecified atom stereocenters. The number of aliphatic hydroxyl groups excluding tert-OH is 2. The average molecular weight is 613 g/mol. The first kappa shape index (κ1) is 42.1. The molecule has 0 aromatic rings. The highest BCUT2D eigenvalue weighted by Gasteiger charge is 2.17. The first-order valence-corrected chi connectivity index (χ1v) is 18.7. The molecule has 0 saturated carbocycles. The van der Waals surface area contributed by atoms with Gasteiger partial charge in [-0.3, -0.25) is 4.90 Å². The summed E-state index contributed by atoms with van der Waals surface area (Å²) in [6.07, 6.45) is 28.4. The second kappa shape index (κ2) is 29.8. The van der Waals surface area contributed by atoms with E-state index < -0.39 is 5.60 Å². The third kappa shape index (κ3) is 32.4. The highest BCUT2D eigenvalue weighted by Crippen LogP contribution is 2.15. The Morgan fingerprint density at radius 2 is 0.977 bits per heavy atom. The van der Waals surface area contributed by atoms with Gasteiger partial charge in [0.15, 0.2) is 0 Å². The molecule has 0 aliphatic heterocycles. The number of hydrogen-bond donors (Lipinski definition) is 3. The van der Waals surface area contributed by atoms with Crippen LogP contribution in [0.2, 0.25) is 0 Å². The van der Waals surface area contributed by atoms with Gasteiger partial charge in [0.1, 0.15) is 5.60 Å². The number of aliphatic hydroxyl groups is 2. The zero-order valence-corrected chi connectivity index (χ0v) is 29.6. The molecular weight excluding hydrogens is 536 g/mol. The highest BCUT2D eigenvalue weighted by atomic mass is 16.6. The van der Waals surface area contributed by atoms with Gasteiger partial charge in [-0.2, -0.15) is 0 Å². The summed E-state index contributed by atoms with van der Waals surface area (Å²) < 4.78 is 5.32. The van der Waals surface area contributed by atoms with Crippen molar-refractivity contribution in [2.45, 2.75) is 207 Å². The molecule has 3 N–H and O–H groups in total. The first-order chi connectivity index (χ1) is 20.7. The molecule has 0 aromatic carbocycles. The molecule has 0 rings (SSSR count). The number of nitrogens with one attached hydrogen (secondary N) is 1. The molecule has 2 atom stereocenters. The van der Waals surface area contributed by atoms with E-state index >= 15 is 0 Å². The van der Waals surface area contributed by atoms with Crippen molar-refractivity contribution in [3.8, 4) is 0 Å². The summed E-state index contributed by atoms with van der Waals surface area (Å²) in [7, 11) is 0. The second-order valence-electron chi connectivity index (χ2n) is 14.1. The van der Waals surface area contributed by atoms with Gasteiger partial charge in [0.05, 0.1) is 12.2 Å². The van der Waals surface area contributed by atoms with Crippen LogP contribution in [0.15, 0.2) is 0 Å². The van der Waals surface area contributed by atoms with Crippen LogP contribution >= 0.6 is 0 Å². The summed E-state index contributed by atoms with van der Waals surface area (Å²) in [5.41, 5.74) is -0.490. The molecule has 0 aliphatic rings. The number of carbonyl (C=O) groups excluding carboxylic acids is 1. The average Bonchev–Trinajstić information content (AvgIpc) is 2.93. The van der Waals surface area contributed by atoms with Crippen LogP contribution in [0.1, 0.15) is 189 Å². The van der Waals surface area contributed by atoms with Crippen molar-refractivity contribution in [1.29, 1.82) is 0 Å². The first-order valence-electron chi connectivity index (χ1n) is 18.7. The number of amides is 1. The topological polar surface area (TPSA) is 82.0 Å². The Balaban J connectivity index is 4.32. The lowest BCUT2D eigenvalue weighted by Crippen LogP contribution is -2.39. The summed E-state index contributed by atoms with van der Waals surface area (Å²) in [5.74, 6) is 0. The summed E-state index contributed by atoms with van der Waals surface area (Å²) in [4.78, 5) is 14.2. The summed E-state index contributed by atoms with van der Waals surface area (Å²) in [6.45, 7) is 12.8. The van der Waals surface area contributed by atoms with Crippen LogP contribution in [-0.4, -0.2) is 65.2 Å². The standard InChI is InChI=1S/C37H76N2O4/c1-6-8-10-12-14-16-18-20-22-24-28-34(40)32-39(31-27-26-30-38-36(42)43-37(3,4)5)33-35(41)29-25-23-21-19-17-15-13-11-9-7-2/h34-35,40-41H,6-33H2,1-5H3,(H,38,42). The highest BCUT2D eigenvalue weighted by molar-refractivity contribution is 5.67.